The summed E-state index contributed by atoms with van der Waals surface area (Å²) < 4.78 is 6.08. The number of fused-ring (bicyclic) bond motifs is 3. The molecule has 1 aromatic rings. The van der Waals surface area contributed by atoms with Gasteiger partial charge >= 0.3 is 0 Å². The zero-order valence-corrected chi connectivity index (χ0v) is 12.4. The Balaban J connectivity index is 1.44. The van der Waals surface area contributed by atoms with Crippen LogP contribution in [0.2, 0.25) is 5.02 Å². The molecule has 0 amide bonds. The monoisotopic (exact) mass is 292 g/mol. The van der Waals surface area contributed by atoms with Gasteiger partial charge in [-0.05, 0) is 49.4 Å². The van der Waals surface area contributed by atoms with Crippen molar-refractivity contribution in [2.24, 2.45) is 5.73 Å². The Labute approximate surface area is 125 Å². The van der Waals surface area contributed by atoms with Crippen LogP contribution in [0.4, 0.5) is 0 Å². The van der Waals surface area contributed by atoms with Crippen molar-refractivity contribution in [1.82, 2.24) is 4.90 Å². The van der Waals surface area contributed by atoms with Gasteiger partial charge in [0.2, 0.25) is 0 Å². The maximum Gasteiger partial charge on any atom is 0.123 e. The Kier molecular flexibility index (Phi) is 3.17. The summed E-state index contributed by atoms with van der Waals surface area (Å²) >= 11 is 6.06. The van der Waals surface area contributed by atoms with Crippen LogP contribution in [0.25, 0.3) is 0 Å². The topological polar surface area (TPSA) is 38.5 Å². The normalized spacial score (nSPS) is 35.9. The quantitative estimate of drug-likeness (QED) is 0.910. The Morgan fingerprint density at radius 3 is 2.75 bits per heavy atom. The molecule has 2 N–H and O–H groups in total. The summed E-state index contributed by atoms with van der Waals surface area (Å²) in [4.78, 5) is 2.65. The number of rotatable bonds is 2. The standard InChI is InChI=1S/C16H21ClN2O/c17-11-1-4-16-10(5-11)6-15(20-16)9-19-13-2-3-14(19)8-12(18)7-13/h1,4-5,12-15H,2-3,6-9,18H2. The first-order valence-corrected chi connectivity index (χ1v) is 8.03. The molecule has 0 aliphatic carbocycles. The zero-order valence-electron chi connectivity index (χ0n) is 11.6. The molecule has 2 fully saturated rings. The predicted octanol–water partition coefficient (Wildman–Crippen LogP) is 2.60. The second-order valence-corrected chi connectivity index (χ2v) is 6.95. The number of piperidine rings is 1. The maximum absolute atomic E-state index is 6.14. The first kappa shape index (κ1) is 12.9. The SMILES string of the molecule is NC1CC2CCC(C1)N2CC1Cc2cc(Cl)ccc2O1. The third kappa shape index (κ3) is 2.22. The summed E-state index contributed by atoms with van der Waals surface area (Å²) in [5.41, 5.74) is 7.39. The molecule has 0 aromatic heterocycles. The Bertz CT molecular complexity index is 507. The Morgan fingerprint density at radius 1 is 1.25 bits per heavy atom. The molecule has 0 saturated carbocycles. The predicted molar refractivity (Wildman–Crippen MR) is 80.3 cm³/mol. The third-order valence-corrected chi connectivity index (χ3v) is 5.33. The highest BCUT2D eigenvalue weighted by atomic mass is 35.5. The number of hydrogen-bond acceptors (Lipinski definition) is 3. The lowest BCUT2D eigenvalue weighted by atomic mass is 9.97. The van der Waals surface area contributed by atoms with E-state index in [2.05, 4.69) is 4.90 Å². The molecule has 2 saturated heterocycles. The van der Waals surface area contributed by atoms with Crippen LogP contribution in [0.15, 0.2) is 18.2 Å². The minimum absolute atomic E-state index is 0.279. The van der Waals surface area contributed by atoms with E-state index in [1.165, 1.54) is 18.4 Å². The summed E-state index contributed by atoms with van der Waals surface area (Å²) in [6.07, 6.45) is 6.19. The second-order valence-electron chi connectivity index (χ2n) is 6.51. The molecule has 3 aliphatic heterocycles. The van der Waals surface area contributed by atoms with E-state index in [1.54, 1.807) is 0 Å². The zero-order chi connectivity index (χ0) is 13.7. The first-order valence-electron chi connectivity index (χ1n) is 7.65. The first-order chi connectivity index (χ1) is 9.69. The summed E-state index contributed by atoms with van der Waals surface area (Å²) in [5, 5.41) is 0.803. The van der Waals surface area contributed by atoms with Crippen molar-refractivity contribution >= 4 is 11.6 Å². The van der Waals surface area contributed by atoms with Crippen molar-refractivity contribution < 1.29 is 4.74 Å². The second kappa shape index (κ2) is 4.90. The highest BCUT2D eigenvalue weighted by molar-refractivity contribution is 6.30. The van der Waals surface area contributed by atoms with Crippen LogP contribution < -0.4 is 10.5 Å². The lowest BCUT2D eigenvalue weighted by Crippen LogP contribution is -2.50. The average molecular weight is 293 g/mol. The van der Waals surface area contributed by atoms with Crippen LogP contribution in [0.3, 0.4) is 0 Å². The molecular formula is C16H21ClN2O. The summed E-state index contributed by atoms with van der Waals surface area (Å²) in [6.45, 7) is 1.04. The van der Waals surface area contributed by atoms with Gasteiger partial charge in [0.15, 0.2) is 0 Å². The van der Waals surface area contributed by atoms with Gasteiger partial charge in [0.1, 0.15) is 11.9 Å². The molecule has 108 valence electrons. The largest absolute Gasteiger partial charge is 0.488 e. The van der Waals surface area contributed by atoms with Crippen LogP contribution in [-0.2, 0) is 6.42 Å². The van der Waals surface area contributed by atoms with Gasteiger partial charge in [-0.2, -0.15) is 0 Å². The van der Waals surface area contributed by atoms with Gasteiger partial charge in [-0.1, -0.05) is 11.6 Å². The molecule has 0 spiro atoms. The van der Waals surface area contributed by atoms with Crippen LogP contribution in [0.1, 0.15) is 31.2 Å². The van der Waals surface area contributed by atoms with Crippen LogP contribution >= 0.6 is 11.6 Å². The summed E-state index contributed by atoms with van der Waals surface area (Å²) in [7, 11) is 0. The third-order valence-electron chi connectivity index (χ3n) is 5.10. The van der Waals surface area contributed by atoms with Gasteiger partial charge in [0.05, 0.1) is 0 Å². The molecule has 1 aromatic carbocycles. The van der Waals surface area contributed by atoms with Crippen LogP contribution in [0, 0.1) is 0 Å². The van der Waals surface area contributed by atoms with E-state index in [0.717, 1.165) is 36.6 Å². The number of halogens is 1. The lowest BCUT2D eigenvalue weighted by molar-refractivity contribution is 0.0772. The number of ether oxygens (including phenoxy) is 1. The van der Waals surface area contributed by atoms with Crippen molar-refractivity contribution in [3.8, 4) is 5.75 Å². The lowest BCUT2D eigenvalue weighted by Gasteiger charge is -2.38. The molecule has 20 heavy (non-hydrogen) atoms. The van der Waals surface area contributed by atoms with Gasteiger partial charge in [-0.25, -0.2) is 0 Å². The fourth-order valence-electron chi connectivity index (χ4n) is 4.24. The molecule has 3 unspecified atom stereocenters. The number of nitrogens with zero attached hydrogens (tertiary/aromatic N) is 1. The van der Waals surface area contributed by atoms with Crippen molar-refractivity contribution in [1.29, 1.82) is 0 Å². The van der Waals surface area contributed by atoms with Gasteiger partial charge in [0, 0.05) is 36.1 Å². The Hall–Kier alpha value is -0.770. The minimum atomic E-state index is 0.279. The number of hydrogen-bond donors (Lipinski definition) is 1. The van der Waals surface area contributed by atoms with Crippen molar-refractivity contribution in [2.75, 3.05) is 6.54 Å². The van der Waals surface area contributed by atoms with Crippen LogP contribution in [-0.4, -0.2) is 35.7 Å². The number of benzene rings is 1. The van der Waals surface area contributed by atoms with Gasteiger partial charge in [0.25, 0.3) is 0 Å². The average Bonchev–Trinajstić information content (AvgIpc) is 2.89. The van der Waals surface area contributed by atoms with Crippen molar-refractivity contribution in [3.05, 3.63) is 28.8 Å². The summed E-state index contributed by atoms with van der Waals surface area (Å²) in [6, 6.07) is 7.71. The van der Waals surface area contributed by atoms with Gasteiger partial charge < -0.3 is 10.5 Å². The smallest absolute Gasteiger partial charge is 0.123 e. The van der Waals surface area contributed by atoms with E-state index in [9.17, 15) is 0 Å². The highest BCUT2D eigenvalue weighted by Crippen LogP contribution is 2.37. The van der Waals surface area contributed by atoms with Crippen molar-refractivity contribution in [3.63, 3.8) is 0 Å². The minimum Gasteiger partial charge on any atom is -0.488 e. The van der Waals surface area contributed by atoms with Crippen LogP contribution in [0.5, 0.6) is 5.75 Å². The van der Waals surface area contributed by atoms with E-state index in [0.29, 0.717) is 18.1 Å². The van der Waals surface area contributed by atoms with E-state index in [1.807, 2.05) is 18.2 Å². The Morgan fingerprint density at radius 2 is 2.00 bits per heavy atom. The molecule has 4 rings (SSSR count). The molecule has 2 bridgehead atoms. The molecule has 3 aliphatic rings. The van der Waals surface area contributed by atoms with E-state index >= 15 is 0 Å². The molecular weight excluding hydrogens is 272 g/mol. The molecule has 3 heterocycles. The van der Waals surface area contributed by atoms with Crippen molar-refractivity contribution in [2.45, 2.75) is 56.3 Å². The molecule has 3 nitrogen and oxygen atoms in total. The summed E-state index contributed by atoms with van der Waals surface area (Å²) in [5.74, 6) is 1.01. The fraction of sp³-hybridized carbons (Fsp3) is 0.625. The molecule has 0 radical (unpaired) electrons. The van der Waals surface area contributed by atoms with E-state index in [-0.39, 0.29) is 6.10 Å². The highest BCUT2D eigenvalue weighted by Gasteiger charge is 2.41. The van der Waals surface area contributed by atoms with E-state index in [4.69, 9.17) is 22.1 Å². The molecule has 3 atom stereocenters. The molecule has 4 heteroatoms. The van der Waals surface area contributed by atoms with E-state index < -0.39 is 0 Å². The maximum atomic E-state index is 6.14. The van der Waals surface area contributed by atoms with Gasteiger partial charge in [-0.3, -0.25) is 4.90 Å². The number of nitrogens with two attached hydrogens (primary N) is 1. The fourth-order valence-corrected chi connectivity index (χ4v) is 4.44. The van der Waals surface area contributed by atoms with Gasteiger partial charge in [-0.15, -0.1) is 0 Å².